The van der Waals surface area contributed by atoms with Crippen LogP contribution in [0.2, 0.25) is 0 Å². The van der Waals surface area contributed by atoms with E-state index in [1.165, 1.54) is 0 Å². The number of carbonyl (C=O) groups is 1. The minimum atomic E-state index is 0.0441. The van der Waals surface area contributed by atoms with E-state index in [0.717, 1.165) is 31.6 Å². The number of amides is 1. The van der Waals surface area contributed by atoms with Crippen molar-refractivity contribution in [3.8, 4) is 0 Å². The number of nitrogens with one attached hydrogen (secondary N) is 1. The summed E-state index contributed by atoms with van der Waals surface area (Å²) < 4.78 is 0. The highest BCUT2D eigenvalue weighted by molar-refractivity contribution is 5.95. The zero-order valence-electron chi connectivity index (χ0n) is 9.44. The smallest absolute Gasteiger partial charge is 0.257 e. The average molecular weight is 223 g/mol. The van der Waals surface area contributed by atoms with Gasteiger partial charge in [0.25, 0.3) is 5.91 Å². The maximum Gasteiger partial charge on any atom is 0.257 e. The molecular weight excluding hydrogens is 206 g/mol. The number of nitrogens with zero attached hydrogens (tertiary/aromatic N) is 2. The molecule has 1 amide bonds. The van der Waals surface area contributed by atoms with E-state index in [1.807, 2.05) is 11.8 Å². The summed E-state index contributed by atoms with van der Waals surface area (Å²) in [5.74, 6) is 0.400. The van der Waals surface area contributed by atoms with Gasteiger partial charge in [-0.2, -0.15) is 5.10 Å². The van der Waals surface area contributed by atoms with Gasteiger partial charge in [0.1, 0.15) is 0 Å². The van der Waals surface area contributed by atoms with Crippen LogP contribution in [0.4, 0.5) is 0 Å². The van der Waals surface area contributed by atoms with Crippen molar-refractivity contribution in [1.82, 2.24) is 15.1 Å². The number of aryl methyl sites for hydroxylation is 1. The molecule has 5 heteroatoms. The van der Waals surface area contributed by atoms with Crippen molar-refractivity contribution in [3.63, 3.8) is 0 Å². The van der Waals surface area contributed by atoms with E-state index >= 15 is 0 Å². The number of rotatable bonds is 2. The Morgan fingerprint density at radius 3 is 2.81 bits per heavy atom. The van der Waals surface area contributed by atoms with E-state index in [-0.39, 0.29) is 12.5 Å². The van der Waals surface area contributed by atoms with Crippen LogP contribution in [0.5, 0.6) is 0 Å². The summed E-state index contributed by atoms with van der Waals surface area (Å²) in [6, 6.07) is 0. The van der Waals surface area contributed by atoms with E-state index in [2.05, 4.69) is 10.2 Å². The van der Waals surface area contributed by atoms with Crippen LogP contribution >= 0.6 is 0 Å². The van der Waals surface area contributed by atoms with E-state index in [9.17, 15) is 4.79 Å². The lowest BCUT2D eigenvalue weighted by Gasteiger charge is -2.31. The van der Waals surface area contributed by atoms with Gasteiger partial charge in [0.2, 0.25) is 0 Å². The lowest BCUT2D eigenvalue weighted by atomic mass is 9.97. The van der Waals surface area contributed by atoms with Crippen LogP contribution in [-0.2, 0) is 0 Å². The zero-order chi connectivity index (χ0) is 11.5. The molecule has 0 aliphatic carbocycles. The van der Waals surface area contributed by atoms with E-state index in [4.69, 9.17) is 5.11 Å². The van der Waals surface area contributed by atoms with Crippen LogP contribution < -0.4 is 0 Å². The number of hydrogen-bond acceptors (Lipinski definition) is 3. The Kier molecular flexibility index (Phi) is 3.24. The maximum atomic E-state index is 12.1. The Hall–Kier alpha value is -1.36. The topological polar surface area (TPSA) is 69.2 Å². The Morgan fingerprint density at radius 2 is 2.31 bits per heavy atom. The fraction of sp³-hybridized carbons (Fsp3) is 0.636. The molecule has 0 aromatic carbocycles. The number of hydrogen-bond donors (Lipinski definition) is 2. The molecule has 2 heterocycles. The summed E-state index contributed by atoms with van der Waals surface area (Å²) in [6.45, 7) is 3.54. The monoisotopic (exact) mass is 223 g/mol. The van der Waals surface area contributed by atoms with Gasteiger partial charge in [-0.3, -0.25) is 9.89 Å². The second-order valence-corrected chi connectivity index (χ2v) is 4.33. The van der Waals surface area contributed by atoms with Gasteiger partial charge in [-0.1, -0.05) is 0 Å². The first-order valence-corrected chi connectivity index (χ1v) is 5.62. The molecule has 88 valence electrons. The number of piperidine rings is 1. The molecule has 1 aliphatic heterocycles. The number of likely N-dealkylation sites (tertiary alicyclic amines) is 1. The van der Waals surface area contributed by atoms with Crippen molar-refractivity contribution >= 4 is 5.91 Å². The predicted octanol–water partition coefficient (Wildman–Crippen LogP) is 0.563. The van der Waals surface area contributed by atoms with E-state index in [0.29, 0.717) is 11.5 Å². The number of aromatic nitrogens is 2. The van der Waals surface area contributed by atoms with Gasteiger partial charge in [0.05, 0.1) is 11.8 Å². The van der Waals surface area contributed by atoms with Crippen LogP contribution in [-0.4, -0.2) is 45.8 Å². The summed E-state index contributed by atoms with van der Waals surface area (Å²) in [7, 11) is 0. The van der Waals surface area contributed by atoms with Crippen molar-refractivity contribution in [1.29, 1.82) is 0 Å². The van der Waals surface area contributed by atoms with Crippen LogP contribution in [0.1, 0.15) is 28.9 Å². The maximum absolute atomic E-state index is 12.1. The fourth-order valence-corrected chi connectivity index (χ4v) is 2.06. The summed E-state index contributed by atoms with van der Waals surface area (Å²) in [5, 5.41) is 15.7. The third kappa shape index (κ3) is 2.09. The number of H-pyrrole nitrogens is 1. The Balaban J connectivity index is 2.00. The molecular formula is C11H17N3O2. The van der Waals surface area contributed by atoms with Crippen molar-refractivity contribution < 1.29 is 9.90 Å². The largest absolute Gasteiger partial charge is 0.396 e. The lowest BCUT2D eigenvalue weighted by Crippen LogP contribution is -2.39. The molecule has 0 spiro atoms. The normalized spacial score (nSPS) is 17.8. The molecule has 1 aliphatic rings. The number of aliphatic hydroxyl groups is 1. The first-order chi connectivity index (χ1) is 7.72. The minimum Gasteiger partial charge on any atom is -0.396 e. The molecule has 1 aromatic rings. The predicted molar refractivity (Wildman–Crippen MR) is 59.0 cm³/mol. The number of aliphatic hydroxyl groups excluding tert-OH is 1. The quantitative estimate of drug-likeness (QED) is 0.769. The van der Waals surface area contributed by atoms with E-state index in [1.54, 1.807) is 6.20 Å². The summed E-state index contributed by atoms with van der Waals surface area (Å²) in [4.78, 5) is 13.9. The van der Waals surface area contributed by atoms with Gasteiger partial charge in [-0.15, -0.1) is 0 Å². The molecule has 2 rings (SSSR count). The molecule has 0 unspecified atom stereocenters. The van der Waals surface area contributed by atoms with Crippen LogP contribution in [0.15, 0.2) is 6.20 Å². The Labute approximate surface area is 94.5 Å². The van der Waals surface area contributed by atoms with Crippen LogP contribution in [0.25, 0.3) is 0 Å². The molecule has 5 nitrogen and oxygen atoms in total. The Bertz CT molecular complexity index is 367. The van der Waals surface area contributed by atoms with Crippen molar-refractivity contribution in [2.75, 3.05) is 19.7 Å². The Morgan fingerprint density at radius 1 is 1.62 bits per heavy atom. The number of aromatic amines is 1. The highest BCUT2D eigenvalue weighted by atomic mass is 16.3. The molecule has 1 fully saturated rings. The van der Waals surface area contributed by atoms with Gasteiger partial charge in [-0.05, 0) is 25.7 Å². The van der Waals surface area contributed by atoms with E-state index < -0.39 is 0 Å². The van der Waals surface area contributed by atoms with Crippen LogP contribution in [0, 0.1) is 12.8 Å². The molecule has 2 N–H and O–H groups in total. The molecule has 16 heavy (non-hydrogen) atoms. The lowest BCUT2D eigenvalue weighted by molar-refractivity contribution is 0.0650. The van der Waals surface area contributed by atoms with Crippen molar-refractivity contribution in [2.24, 2.45) is 5.92 Å². The van der Waals surface area contributed by atoms with Gasteiger partial charge in [0, 0.05) is 25.4 Å². The van der Waals surface area contributed by atoms with Crippen molar-refractivity contribution in [2.45, 2.75) is 19.8 Å². The zero-order valence-corrected chi connectivity index (χ0v) is 9.44. The van der Waals surface area contributed by atoms with Crippen LogP contribution in [0.3, 0.4) is 0 Å². The van der Waals surface area contributed by atoms with Gasteiger partial charge < -0.3 is 10.0 Å². The van der Waals surface area contributed by atoms with Gasteiger partial charge in [0.15, 0.2) is 0 Å². The molecule has 1 saturated heterocycles. The van der Waals surface area contributed by atoms with Gasteiger partial charge >= 0.3 is 0 Å². The molecule has 0 bridgehead atoms. The second kappa shape index (κ2) is 4.65. The van der Waals surface area contributed by atoms with Crippen molar-refractivity contribution in [3.05, 3.63) is 17.5 Å². The summed E-state index contributed by atoms with van der Waals surface area (Å²) in [5.41, 5.74) is 1.47. The first-order valence-electron chi connectivity index (χ1n) is 5.62. The summed E-state index contributed by atoms with van der Waals surface area (Å²) in [6.07, 6.45) is 3.36. The van der Waals surface area contributed by atoms with Gasteiger partial charge in [-0.25, -0.2) is 0 Å². The minimum absolute atomic E-state index is 0.0441. The highest BCUT2D eigenvalue weighted by Crippen LogP contribution is 2.18. The SMILES string of the molecule is Cc1[nH]ncc1C(=O)N1CCC(CO)CC1. The molecule has 0 atom stereocenters. The molecule has 0 radical (unpaired) electrons. The third-order valence-corrected chi connectivity index (χ3v) is 3.22. The fourth-order valence-electron chi connectivity index (χ4n) is 2.06. The standard InChI is InChI=1S/C11H17N3O2/c1-8-10(6-12-13-8)11(16)14-4-2-9(7-15)3-5-14/h6,9,15H,2-5,7H2,1H3,(H,12,13). The first kappa shape index (κ1) is 11.1. The second-order valence-electron chi connectivity index (χ2n) is 4.33. The third-order valence-electron chi connectivity index (χ3n) is 3.22. The number of carbonyl (C=O) groups excluding carboxylic acids is 1. The highest BCUT2D eigenvalue weighted by Gasteiger charge is 2.24. The average Bonchev–Trinajstić information content (AvgIpc) is 2.75. The molecule has 0 saturated carbocycles. The summed E-state index contributed by atoms with van der Waals surface area (Å²) >= 11 is 0. The molecule has 1 aromatic heterocycles.